The molecule has 0 unspecified atom stereocenters. The van der Waals surface area contributed by atoms with Crippen LogP contribution in [0.15, 0.2) is 12.7 Å². The predicted octanol–water partition coefficient (Wildman–Crippen LogP) is -1.29. The zero-order chi connectivity index (χ0) is 20.7. The molecule has 0 bridgehead atoms. The average Bonchev–Trinajstić information content (AvgIpc) is 3.13. The smallest absolute Gasteiger partial charge is 0.386 e. The summed E-state index contributed by atoms with van der Waals surface area (Å²) in [4.78, 5) is 48.0. The molecule has 0 amide bonds. The maximum Gasteiger partial charge on any atom is 0.470 e. The van der Waals surface area contributed by atoms with Crippen LogP contribution in [0.5, 0.6) is 0 Å². The first-order valence-corrected chi connectivity index (χ1v) is 10.7. The van der Waals surface area contributed by atoms with E-state index in [9.17, 15) is 14.2 Å². The molecule has 28 heavy (non-hydrogen) atoms. The summed E-state index contributed by atoms with van der Waals surface area (Å²) >= 11 is 0. The van der Waals surface area contributed by atoms with Gasteiger partial charge in [0.1, 0.15) is 30.2 Å². The van der Waals surface area contributed by atoms with E-state index in [-0.39, 0.29) is 5.65 Å². The van der Waals surface area contributed by atoms with Crippen molar-refractivity contribution >= 4 is 32.6 Å². The second-order valence-electron chi connectivity index (χ2n) is 5.70. The number of aromatic nitrogens is 4. The molecule has 1 aliphatic rings. The van der Waals surface area contributed by atoms with Crippen molar-refractivity contribution in [2.75, 3.05) is 19.0 Å². The summed E-state index contributed by atoms with van der Waals surface area (Å²) in [5.74, 6) is 0.389. The number of anilines is 1. The fourth-order valence-electron chi connectivity index (χ4n) is 2.76. The van der Waals surface area contributed by atoms with E-state index in [1.807, 2.05) is 0 Å². The lowest BCUT2D eigenvalue weighted by Crippen LogP contribution is -2.35. The molecule has 1 saturated heterocycles. The number of ether oxygens (including phenoxy) is 1. The lowest BCUT2D eigenvalue weighted by Gasteiger charge is -2.20. The molecule has 1 aliphatic heterocycles. The zero-order valence-corrected chi connectivity index (χ0v) is 15.9. The summed E-state index contributed by atoms with van der Waals surface area (Å²) in [7, 11) is -8.36. The topological polar surface area (TPSA) is 219 Å². The van der Waals surface area contributed by atoms with Gasteiger partial charge in [0.2, 0.25) is 0 Å². The van der Waals surface area contributed by atoms with Gasteiger partial charge in [0.15, 0.2) is 17.7 Å². The SMILES string of the molecule is CNc1ncnc2c1ncn2[C@@H]1O[C@H](COP(=O)(O)O)[C@@H](OP(=O)(O)O)[C@H]1O. The minimum atomic E-state index is -5.07. The van der Waals surface area contributed by atoms with Gasteiger partial charge in [-0.25, -0.2) is 24.1 Å². The lowest BCUT2D eigenvalue weighted by atomic mass is 10.1. The zero-order valence-electron chi connectivity index (χ0n) is 14.1. The number of nitrogens with zero attached hydrogens (tertiary/aromatic N) is 4. The number of nitrogens with one attached hydrogen (secondary N) is 1. The number of rotatable bonds is 7. The number of phosphoric ester groups is 2. The molecule has 2 aromatic rings. The van der Waals surface area contributed by atoms with Gasteiger partial charge in [-0.1, -0.05) is 0 Å². The molecule has 0 aromatic carbocycles. The van der Waals surface area contributed by atoms with Gasteiger partial charge in [-0.2, -0.15) is 0 Å². The maximum atomic E-state index is 11.2. The highest BCUT2D eigenvalue weighted by molar-refractivity contribution is 7.46. The lowest BCUT2D eigenvalue weighted by molar-refractivity contribution is -0.0502. The molecular formula is C11H17N5O10P2. The molecule has 17 heteroatoms. The predicted molar refractivity (Wildman–Crippen MR) is 89.7 cm³/mol. The summed E-state index contributed by atoms with van der Waals surface area (Å²) in [6, 6.07) is 0. The number of hydrogen-bond donors (Lipinski definition) is 6. The Morgan fingerprint density at radius 1 is 1.21 bits per heavy atom. The molecule has 3 heterocycles. The number of imidazole rings is 1. The second-order valence-corrected chi connectivity index (χ2v) is 8.13. The number of fused-ring (bicyclic) bond motifs is 1. The van der Waals surface area contributed by atoms with E-state index >= 15 is 0 Å². The Morgan fingerprint density at radius 3 is 2.54 bits per heavy atom. The average molecular weight is 441 g/mol. The van der Waals surface area contributed by atoms with Gasteiger partial charge in [0, 0.05) is 7.05 Å². The monoisotopic (exact) mass is 441 g/mol. The van der Waals surface area contributed by atoms with E-state index < -0.39 is 46.8 Å². The number of hydrogen-bond acceptors (Lipinski definition) is 10. The molecule has 4 atom stereocenters. The largest absolute Gasteiger partial charge is 0.470 e. The van der Waals surface area contributed by atoms with Gasteiger partial charge in [-0.3, -0.25) is 13.6 Å². The number of aliphatic hydroxyl groups excluding tert-OH is 1. The van der Waals surface area contributed by atoms with Crippen LogP contribution < -0.4 is 5.32 Å². The minimum absolute atomic E-state index is 0.231. The summed E-state index contributed by atoms with van der Waals surface area (Å²) < 4.78 is 37.8. The summed E-state index contributed by atoms with van der Waals surface area (Å²) in [6.07, 6.45) is -3.51. The first-order chi connectivity index (χ1) is 13.0. The van der Waals surface area contributed by atoms with Gasteiger partial charge in [-0.15, -0.1) is 0 Å². The van der Waals surface area contributed by atoms with Gasteiger partial charge >= 0.3 is 15.6 Å². The standard InChI is InChI=1S/C11H17N5O10P2/c1-12-9-6-10(14-3-13-9)16(4-15-6)11-7(17)8(26-28(21,22)23)5(25-11)2-24-27(18,19)20/h3-5,7-8,11,17H,2H2,1H3,(H,12,13,14)(H2,18,19,20)(H2,21,22,23)/t5-,7-,8-,11-/m1/s1. The van der Waals surface area contributed by atoms with Crippen molar-refractivity contribution in [2.45, 2.75) is 24.5 Å². The normalized spacial score (nSPS) is 26.1. The Hall–Kier alpha value is -1.51. The van der Waals surface area contributed by atoms with Crippen LogP contribution in [0.1, 0.15) is 6.23 Å². The molecular weight excluding hydrogens is 424 g/mol. The van der Waals surface area contributed by atoms with Crippen LogP contribution in [0.3, 0.4) is 0 Å². The van der Waals surface area contributed by atoms with Crippen molar-refractivity contribution in [3.63, 3.8) is 0 Å². The van der Waals surface area contributed by atoms with Crippen LogP contribution >= 0.6 is 15.6 Å². The van der Waals surface area contributed by atoms with Crippen LogP contribution in [0.25, 0.3) is 11.2 Å². The highest BCUT2D eigenvalue weighted by Crippen LogP contribution is 2.45. The Kier molecular flexibility index (Phi) is 5.85. The highest BCUT2D eigenvalue weighted by Gasteiger charge is 2.49. The quantitative estimate of drug-likeness (QED) is 0.276. The summed E-state index contributed by atoms with van der Waals surface area (Å²) in [5.41, 5.74) is 0.568. The maximum absolute atomic E-state index is 11.2. The van der Waals surface area contributed by atoms with Crippen molar-refractivity contribution in [1.29, 1.82) is 0 Å². The second kappa shape index (κ2) is 7.72. The first-order valence-electron chi connectivity index (χ1n) is 7.63. The molecule has 2 aromatic heterocycles. The minimum Gasteiger partial charge on any atom is -0.386 e. The molecule has 0 saturated carbocycles. The van der Waals surface area contributed by atoms with E-state index in [1.54, 1.807) is 7.05 Å². The molecule has 1 fully saturated rings. The van der Waals surface area contributed by atoms with E-state index in [4.69, 9.17) is 24.3 Å². The van der Waals surface area contributed by atoms with E-state index in [2.05, 4.69) is 29.3 Å². The Morgan fingerprint density at radius 2 is 1.93 bits per heavy atom. The van der Waals surface area contributed by atoms with Crippen molar-refractivity contribution in [2.24, 2.45) is 0 Å². The number of phosphoric acid groups is 2. The fraction of sp³-hybridized carbons (Fsp3) is 0.545. The van der Waals surface area contributed by atoms with E-state index in [1.165, 1.54) is 17.2 Å². The molecule has 156 valence electrons. The molecule has 0 radical (unpaired) electrons. The Labute approximate surface area is 156 Å². The molecule has 0 spiro atoms. The van der Waals surface area contributed by atoms with Crippen LogP contribution in [0, 0.1) is 0 Å². The van der Waals surface area contributed by atoms with Gasteiger partial charge in [-0.05, 0) is 0 Å². The third kappa shape index (κ3) is 4.55. The van der Waals surface area contributed by atoms with Crippen LogP contribution in [0.4, 0.5) is 5.82 Å². The van der Waals surface area contributed by atoms with E-state index in [0.717, 1.165) is 0 Å². The summed E-state index contributed by atoms with van der Waals surface area (Å²) in [5, 5.41) is 13.3. The number of aliphatic hydroxyl groups is 1. The van der Waals surface area contributed by atoms with Crippen LogP contribution in [0.2, 0.25) is 0 Å². The Bertz CT molecular complexity index is 943. The van der Waals surface area contributed by atoms with Crippen molar-refractivity contribution in [3.05, 3.63) is 12.7 Å². The van der Waals surface area contributed by atoms with Gasteiger partial charge in [0.25, 0.3) is 0 Å². The third-order valence-corrected chi connectivity index (χ3v) is 4.85. The van der Waals surface area contributed by atoms with Crippen LogP contribution in [-0.4, -0.2) is 76.2 Å². The third-order valence-electron chi connectivity index (χ3n) is 3.85. The first kappa shape index (κ1) is 21.2. The highest BCUT2D eigenvalue weighted by atomic mass is 31.2. The van der Waals surface area contributed by atoms with Crippen molar-refractivity contribution < 1.29 is 47.6 Å². The molecule has 6 N–H and O–H groups in total. The fourth-order valence-corrected chi connectivity index (χ4v) is 3.68. The molecule has 0 aliphatic carbocycles. The van der Waals surface area contributed by atoms with Crippen molar-refractivity contribution in [3.8, 4) is 0 Å². The van der Waals surface area contributed by atoms with Gasteiger partial charge < -0.3 is 34.7 Å². The Balaban J connectivity index is 1.94. The van der Waals surface area contributed by atoms with Crippen molar-refractivity contribution in [1.82, 2.24) is 19.5 Å². The summed E-state index contributed by atoms with van der Waals surface area (Å²) in [6.45, 7) is -0.800. The van der Waals surface area contributed by atoms with E-state index in [0.29, 0.717) is 11.3 Å². The molecule has 3 rings (SSSR count). The van der Waals surface area contributed by atoms with Crippen LogP contribution in [-0.2, 0) is 22.9 Å². The molecule has 15 nitrogen and oxygen atoms in total. The van der Waals surface area contributed by atoms with Gasteiger partial charge in [0.05, 0.1) is 12.9 Å².